The van der Waals surface area contributed by atoms with E-state index in [1.807, 2.05) is 42.0 Å². The summed E-state index contributed by atoms with van der Waals surface area (Å²) in [4.78, 5) is 4.25. The van der Waals surface area contributed by atoms with Gasteiger partial charge in [-0.15, -0.1) is 0 Å². The molecule has 0 atom stereocenters. The minimum absolute atomic E-state index is 0.337. The zero-order chi connectivity index (χ0) is 10.7. The van der Waals surface area contributed by atoms with Crippen LogP contribution in [0.2, 0.25) is 0 Å². The molecule has 0 fully saturated rings. The van der Waals surface area contributed by atoms with E-state index in [-0.39, 0.29) is 0 Å². The van der Waals surface area contributed by atoms with E-state index in [1.165, 1.54) is 5.56 Å². The Labute approximate surface area is 88.6 Å². The number of aryl methyl sites for hydroxylation is 1. The Morgan fingerprint density at radius 1 is 1.33 bits per heavy atom. The van der Waals surface area contributed by atoms with Crippen LogP contribution in [0.4, 0.5) is 0 Å². The first-order valence-electron chi connectivity index (χ1n) is 4.76. The lowest BCUT2D eigenvalue weighted by Gasteiger charge is -2.03. The zero-order valence-electron chi connectivity index (χ0n) is 8.51. The maximum atomic E-state index is 8.65. The predicted molar refractivity (Wildman–Crippen MR) is 58.0 cm³/mol. The van der Waals surface area contributed by atoms with Crippen molar-refractivity contribution in [3.05, 3.63) is 42.2 Å². The monoisotopic (exact) mass is 197 g/mol. The Bertz CT molecular complexity index is 488. The SMILES string of the molecule is Cc1ccc(-c2nccn2CC#N)cc1. The van der Waals surface area contributed by atoms with Crippen LogP contribution in [0.1, 0.15) is 5.56 Å². The Morgan fingerprint density at radius 2 is 2.07 bits per heavy atom. The van der Waals surface area contributed by atoms with Gasteiger partial charge in [-0.05, 0) is 6.92 Å². The lowest BCUT2D eigenvalue weighted by molar-refractivity contribution is 0.841. The summed E-state index contributed by atoms with van der Waals surface area (Å²) in [6, 6.07) is 10.2. The van der Waals surface area contributed by atoms with Gasteiger partial charge in [0, 0.05) is 18.0 Å². The number of nitriles is 1. The second-order valence-electron chi connectivity index (χ2n) is 3.40. The molecule has 1 heterocycles. The fourth-order valence-electron chi connectivity index (χ4n) is 1.48. The molecule has 0 aliphatic rings. The van der Waals surface area contributed by atoms with Crippen molar-refractivity contribution in [2.75, 3.05) is 0 Å². The van der Waals surface area contributed by atoms with E-state index in [0.717, 1.165) is 11.4 Å². The van der Waals surface area contributed by atoms with Crippen LogP contribution in [0, 0.1) is 18.3 Å². The molecular formula is C12H11N3. The summed E-state index contributed by atoms with van der Waals surface area (Å²) in [5.41, 5.74) is 2.26. The third-order valence-electron chi connectivity index (χ3n) is 2.27. The van der Waals surface area contributed by atoms with Crippen LogP contribution in [0.5, 0.6) is 0 Å². The Kier molecular flexibility index (Phi) is 2.51. The lowest BCUT2D eigenvalue weighted by Crippen LogP contribution is -1.97. The Balaban J connectivity index is 2.41. The van der Waals surface area contributed by atoms with Gasteiger partial charge in [0.05, 0.1) is 6.07 Å². The van der Waals surface area contributed by atoms with Gasteiger partial charge in [-0.1, -0.05) is 29.8 Å². The molecule has 0 saturated carbocycles. The summed E-state index contributed by atoms with van der Waals surface area (Å²) in [6.45, 7) is 2.38. The molecule has 3 heteroatoms. The van der Waals surface area contributed by atoms with Crippen LogP contribution in [0.25, 0.3) is 11.4 Å². The van der Waals surface area contributed by atoms with E-state index < -0.39 is 0 Å². The second-order valence-corrected chi connectivity index (χ2v) is 3.40. The second kappa shape index (κ2) is 3.97. The van der Waals surface area contributed by atoms with Crippen LogP contribution < -0.4 is 0 Å². The first kappa shape index (κ1) is 9.47. The van der Waals surface area contributed by atoms with Gasteiger partial charge in [0.2, 0.25) is 0 Å². The molecule has 0 bridgehead atoms. The van der Waals surface area contributed by atoms with Crippen molar-refractivity contribution in [1.29, 1.82) is 5.26 Å². The molecule has 74 valence electrons. The standard InChI is InChI=1S/C12H11N3/c1-10-2-4-11(5-3-10)12-14-7-9-15(12)8-6-13/h2-5,7,9H,8H2,1H3. The summed E-state index contributed by atoms with van der Waals surface area (Å²) >= 11 is 0. The molecule has 2 aromatic rings. The van der Waals surface area contributed by atoms with Crippen LogP contribution >= 0.6 is 0 Å². The number of benzene rings is 1. The van der Waals surface area contributed by atoms with Crippen molar-refractivity contribution >= 4 is 0 Å². The number of aromatic nitrogens is 2. The van der Waals surface area contributed by atoms with Crippen molar-refractivity contribution in [3.63, 3.8) is 0 Å². The van der Waals surface area contributed by atoms with Gasteiger partial charge in [-0.3, -0.25) is 0 Å². The Morgan fingerprint density at radius 3 is 2.73 bits per heavy atom. The molecule has 15 heavy (non-hydrogen) atoms. The van der Waals surface area contributed by atoms with Crippen LogP contribution in [-0.2, 0) is 6.54 Å². The molecule has 2 rings (SSSR count). The first-order valence-corrected chi connectivity index (χ1v) is 4.76. The lowest BCUT2D eigenvalue weighted by atomic mass is 10.1. The van der Waals surface area contributed by atoms with Gasteiger partial charge < -0.3 is 4.57 Å². The average molecular weight is 197 g/mol. The topological polar surface area (TPSA) is 41.6 Å². The molecule has 1 aromatic heterocycles. The Hall–Kier alpha value is -2.08. The highest BCUT2D eigenvalue weighted by Gasteiger charge is 2.04. The summed E-state index contributed by atoms with van der Waals surface area (Å²) in [6.07, 6.45) is 3.53. The molecular weight excluding hydrogens is 186 g/mol. The summed E-state index contributed by atoms with van der Waals surface area (Å²) in [5, 5.41) is 8.65. The largest absolute Gasteiger partial charge is 0.317 e. The predicted octanol–water partition coefficient (Wildman–Crippen LogP) is 2.38. The molecule has 0 saturated heterocycles. The smallest absolute Gasteiger partial charge is 0.140 e. The number of rotatable bonds is 2. The summed E-state index contributed by atoms with van der Waals surface area (Å²) in [7, 11) is 0. The number of hydrogen-bond donors (Lipinski definition) is 0. The van der Waals surface area contributed by atoms with Crippen LogP contribution in [-0.4, -0.2) is 9.55 Å². The molecule has 1 aromatic carbocycles. The highest BCUT2D eigenvalue weighted by atomic mass is 15.1. The average Bonchev–Trinajstić information content (AvgIpc) is 2.68. The molecule has 0 N–H and O–H groups in total. The fourth-order valence-corrected chi connectivity index (χ4v) is 1.48. The zero-order valence-corrected chi connectivity index (χ0v) is 8.51. The van der Waals surface area contributed by atoms with E-state index in [0.29, 0.717) is 6.54 Å². The fraction of sp³-hybridized carbons (Fsp3) is 0.167. The first-order chi connectivity index (χ1) is 7.31. The van der Waals surface area contributed by atoms with Crippen LogP contribution in [0.15, 0.2) is 36.7 Å². The minimum Gasteiger partial charge on any atom is -0.317 e. The molecule has 0 amide bonds. The molecule has 0 spiro atoms. The van der Waals surface area contributed by atoms with Gasteiger partial charge >= 0.3 is 0 Å². The van der Waals surface area contributed by atoms with Crippen molar-refractivity contribution < 1.29 is 0 Å². The summed E-state index contributed by atoms with van der Waals surface area (Å²) in [5.74, 6) is 0.844. The minimum atomic E-state index is 0.337. The van der Waals surface area contributed by atoms with E-state index >= 15 is 0 Å². The van der Waals surface area contributed by atoms with E-state index in [4.69, 9.17) is 5.26 Å². The molecule has 0 unspecified atom stereocenters. The van der Waals surface area contributed by atoms with Crippen LogP contribution in [0.3, 0.4) is 0 Å². The van der Waals surface area contributed by atoms with Gasteiger partial charge in [0.15, 0.2) is 0 Å². The molecule has 0 radical (unpaired) electrons. The number of nitrogens with zero attached hydrogens (tertiary/aromatic N) is 3. The highest BCUT2D eigenvalue weighted by Crippen LogP contribution is 2.17. The highest BCUT2D eigenvalue weighted by molar-refractivity contribution is 5.56. The number of hydrogen-bond acceptors (Lipinski definition) is 2. The quantitative estimate of drug-likeness (QED) is 0.741. The van der Waals surface area contributed by atoms with Gasteiger partial charge in [0.25, 0.3) is 0 Å². The molecule has 3 nitrogen and oxygen atoms in total. The van der Waals surface area contributed by atoms with E-state index in [1.54, 1.807) is 6.20 Å². The molecule has 0 aliphatic heterocycles. The summed E-state index contributed by atoms with van der Waals surface area (Å²) < 4.78 is 1.84. The van der Waals surface area contributed by atoms with Gasteiger partial charge in [-0.2, -0.15) is 5.26 Å². The third kappa shape index (κ3) is 1.89. The van der Waals surface area contributed by atoms with Crippen molar-refractivity contribution in [1.82, 2.24) is 9.55 Å². The van der Waals surface area contributed by atoms with Gasteiger partial charge in [-0.25, -0.2) is 4.98 Å². The van der Waals surface area contributed by atoms with Crippen molar-refractivity contribution in [3.8, 4) is 17.5 Å². The van der Waals surface area contributed by atoms with Crippen molar-refractivity contribution in [2.24, 2.45) is 0 Å². The maximum Gasteiger partial charge on any atom is 0.140 e. The molecule has 0 aliphatic carbocycles. The van der Waals surface area contributed by atoms with Gasteiger partial charge in [0.1, 0.15) is 12.4 Å². The normalized spacial score (nSPS) is 9.87. The van der Waals surface area contributed by atoms with E-state index in [9.17, 15) is 0 Å². The maximum absolute atomic E-state index is 8.65. The van der Waals surface area contributed by atoms with Crippen molar-refractivity contribution in [2.45, 2.75) is 13.5 Å². The third-order valence-corrected chi connectivity index (χ3v) is 2.27. The van der Waals surface area contributed by atoms with E-state index in [2.05, 4.69) is 11.1 Å². The number of imidazole rings is 1.